The number of piperazine rings is 1. The lowest BCUT2D eigenvalue weighted by atomic mass is 10.1. The summed E-state index contributed by atoms with van der Waals surface area (Å²) in [5.74, 6) is -1.03. The number of rotatable bonds is 4. The van der Waals surface area contributed by atoms with E-state index in [0.29, 0.717) is 19.1 Å². The number of hydrogen-bond donors (Lipinski definition) is 2. The fourth-order valence-electron chi connectivity index (χ4n) is 2.19. The average Bonchev–Trinajstić information content (AvgIpc) is 3.11. The normalized spacial score (nSPS) is 21.9. The summed E-state index contributed by atoms with van der Waals surface area (Å²) in [6.45, 7) is 1.09. The Bertz CT molecular complexity index is 380. The molecule has 1 heterocycles. The molecule has 3 amide bonds. The molecule has 1 saturated heterocycles. The van der Waals surface area contributed by atoms with Gasteiger partial charge in [0.15, 0.2) is 0 Å². The van der Waals surface area contributed by atoms with E-state index in [4.69, 9.17) is 11.5 Å². The molecule has 2 aliphatic rings. The van der Waals surface area contributed by atoms with Gasteiger partial charge in [-0.3, -0.25) is 14.4 Å². The molecule has 1 atom stereocenters. The van der Waals surface area contributed by atoms with Gasteiger partial charge in [0.2, 0.25) is 17.7 Å². The van der Waals surface area contributed by atoms with Gasteiger partial charge in [-0.1, -0.05) is 0 Å². The van der Waals surface area contributed by atoms with Crippen LogP contribution in [0.1, 0.15) is 19.3 Å². The first kappa shape index (κ1) is 12.8. The molecule has 100 valence electrons. The van der Waals surface area contributed by atoms with Crippen molar-refractivity contribution in [3.05, 3.63) is 0 Å². The summed E-state index contributed by atoms with van der Waals surface area (Å²) in [6, 6.07) is -0.572. The van der Waals surface area contributed by atoms with Crippen LogP contribution in [0.15, 0.2) is 0 Å². The molecule has 7 heteroatoms. The van der Waals surface area contributed by atoms with Crippen molar-refractivity contribution in [1.29, 1.82) is 0 Å². The quantitative estimate of drug-likeness (QED) is 0.606. The molecule has 0 spiro atoms. The molecule has 0 aromatic heterocycles. The summed E-state index contributed by atoms with van der Waals surface area (Å²) in [6.07, 6.45) is 1.93. The second kappa shape index (κ2) is 4.93. The van der Waals surface area contributed by atoms with Gasteiger partial charge in [-0.15, -0.1) is 0 Å². The molecule has 0 aromatic rings. The molecule has 0 bridgehead atoms. The Labute approximate surface area is 105 Å². The zero-order chi connectivity index (χ0) is 13.3. The monoisotopic (exact) mass is 254 g/mol. The van der Waals surface area contributed by atoms with Gasteiger partial charge in [-0.2, -0.15) is 0 Å². The van der Waals surface area contributed by atoms with E-state index in [0.717, 1.165) is 12.8 Å². The summed E-state index contributed by atoms with van der Waals surface area (Å²) < 4.78 is 0. The summed E-state index contributed by atoms with van der Waals surface area (Å²) in [7, 11) is 0. The molecule has 1 aliphatic heterocycles. The Morgan fingerprint density at radius 2 is 2.00 bits per heavy atom. The standard InChI is InChI=1S/C11H18N4O3/c12-8(5-9(13)16)11(18)14-3-4-15(7-1-2-7)10(17)6-14/h7-8H,1-6,12H2,(H2,13,16). The molecular weight excluding hydrogens is 236 g/mol. The molecule has 0 radical (unpaired) electrons. The van der Waals surface area contributed by atoms with Gasteiger partial charge in [0.25, 0.3) is 0 Å². The lowest BCUT2D eigenvalue weighted by Gasteiger charge is -2.35. The Morgan fingerprint density at radius 3 is 2.50 bits per heavy atom. The zero-order valence-corrected chi connectivity index (χ0v) is 10.2. The fraction of sp³-hybridized carbons (Fsp3) is 0.727. The van der Waals surface area contributed by atoms with Gasteiger partial charge in [-0.05, 0) is 12.8 Å². The first-order valence-electron chi connectivity index (χ1n) is 6.11. The zero-order valence-electron chi connectivity index (χ0n) is 10.2. The van der Waals surface area contributed by atoms with E-state index in [9.17, 15) is 14.4 Å². The fourth-order valence-corrected chi connectivity index (χ4v) is 2.19. The van der Waals surface area contributed by atoms with E-state index < -0.39 is 11.9 Å². The molecule has 1 unspecified atom stereocenters. The van der Waals surface area contributed by atoms with Gasteiger partial charge in [-0.25, -0.2) is 0 Å². The number of amides is 3. The Kier molecular flexibility index (Phi) is 3.51. The van der Waals surface area contributed by atoms with Crippen molar-refractivity contribution in [3.63, 3.8) is 0 Å². The highest BCUT2D eigenvalue weighted by Crippen LogP contribution is 2.28. The Morgan fingerprint density at radius 1 is 1.33 bits per heavy atom. The van der Waals surface area contributed by atoms with Crippen LogP contribution in [0.5, 0.6) is 0 Å². The van der Waals surface area contributed by atoms with Crippen LogP contribution in [0, 0.1) is 0 Å². The minimum atomic E-state index is -0.942. The third-order valence-corrected chi connectivity index (χ3v) is 3.29. The van der Waals surface area contributed by atoms with Crippen molar-refractivity contribution in [2.24, 2.45) is 11.5 Å². The first-order chi connectivity index (χ1) is 8.49. The second-order valence-corrected chi connectivity index (χ2v) is 4.86. The van der Waals surface area contributed by atoms with Crippen LogP contribution in [-0.2, 0) is 14.4 Å². The molecular formula is C11H18N4O3. The Balaban J connectivity index is 1.88. The highest BCUT2D eigenvalue weighted by Gasteiger charge is 2.37. The van der Waals surface area contributed by atoms with Gasteiger partial charge in [0.05, 0.1) is 19.0 Å². The van der Waals surface area contributed by atoms with E-state index in [1.54, 1.807) is 0 Å². The predicted octanol–water partition coefficient (Wildman–Crippen LogP) is -1.98. The lowest BCUT2D eigenvalue weighted by Crippen LogP contribution is -2.56. The molecule has 1 saturated carbocycles. The summed E-state index contributed by atoms with van der Waals surface area (Å²) in [4.78, 5) is 37.7. The molecule has 4 N–H and O–H groups in total. The van der Waals surface area contributed by atoms with E-state index in [-0.39, 0.29) is 24.8 Å². The van der Waals surface area contributed by atoms with Gasteiger partial charge >= 0.3 is 0 Å². The van der Waals surface area contributed by atoms with Crippen molar-refractivity contribution in [2.45, 2.75) is 31.3 Å². The highest BCUT2D eigenvalue weighted by atomic mass is 16.2. The van der Waals surface area contributed by atoms with E-state index in [2.05, 4.69) is 0 Å². The SMILES string of the molecule is NC(=O)CC(N)C(=O)N1CCN(C2CC2)C(=O)C1. The van der Waals surface area contributed by atoms with Gasteiger partial charge in [0, 0.05) is 19.1 Å². The topological polar surface area (TPSA) is 110 Å². The highest BCUT2D eigenvalue weighted by molar-refractivity contribution is 5.91. The third-order valence-electron chi connectivity index (χ3n) is 3.29. The number of hydrogen-bond acceptors (Lipinski definition) is 4. The number of carbonyl (C=O) groups excluding carboxylic acids is 3. The third kappa shape index (κ3) is 2.79. The summed E-state index contributed by atoms with van der Waals surface area (Å²) in [5.41, 5.74) is 10.6. The van der Waals surface area contributed by atoms with Gasteiger partial charge < -0.3 is 21.3 Å². The van der Waals surface area contributed by atoms with Crippen molar-refractivity contribution < 1.29 is 14.4 Å². The molecule has 18 heavy (non-hydrogen) atoms. The predicted molar refractivity (Wildman–Crippen MR) is 63.1 cm³/mol. The van der Waals surface area contributed by atoms with Crippen LogP contribution >= 0.6 is 0 Å². The molecule has 2 fully saturated rings. The largest absolute Gasteiger partial charge is 0.370 e. The smallest absolute Gasteiger partial charge is 0.242 e. The van der Waals surface area contributed by atoms with Crippen molar-refractivity contribution in [2.75, 3.05) is 19.6 Å². The van der Waals surface area contributed by atoms with E-state index in [1.165, 1.54) is 4.90 Å². The first-order valence-corrected chi connectivity index (χ1v) is 6.11. The number of nitrogens with two attached hydrogens (primary N) is 2. The van der Waals surface area contributed by atoms with Gasteiger partial charge in [0.1, 0.15) is 0 Å². The lowest BCUT2D eigenvalue weighted by molar-refractivity contribution is -0.146. The van der Waals surface area contributed by atoms with E-state index >= 15 is 0 Å². The molecule has 2 rings (SSSR count). The maximum Gasteiger partial charge on any atom is 0.242 e. The van der Waals surface area contributed by atoms with Crippen LogP contribution in [0.25, 0.3) is 0 Å². The number of primary amides is 1. The van der Waals surface area contributed by atoms with Crippen molar-refractivity contribution >= 4 is 17.7 Å². The molecule has 1 aliphatic carbocycles. The molecule has 7 nitrogen and oxygen atoms in total. The average molecular weight is 254 g/mol. The second-order valence-electron chi connectivity index (χ2n) is 4.86. The summed E-state index contributed by atoms with van der Waals surface area (Å²) >= 11 is 0. The van der Waals surface area contributed by atoms with Crippen LogP contribution in [0.3, 0.4) is 0 Å². The number of nitrogens with zero attached hydrogens (tertiary/aromatic N) is 2. The van der Waals surface area contributed by atoms with Crippen LogP contribution < -0.4 is 11.5 Å². The maximum absolute atomic E-state index is 11.9. The van der Waals surface area contributed by atoms with Crippen molar-refractivity contribution in [3.8, 4) is 0 Å². The minimum Gasteiger partial charge on any atom is -0.370 e. The van der Waals surface area contributed by atoms with Crippen LogP contribution in [0.2, 0.25) is 0 Å². The summed E-state index contributed by atoms with van der Waals surface area (Å²) in [5, 5.41) is 0. The van der Waals surface area contributed by atoms with Crippen molar-refractivity contribution in [1.82, 2.24) is 9.80 Å². The van der Waals surface area contributed by atoms with E-state index in [1.807, 2.05) is 4.90 Å². The molecule has 0 aromatic carbocycles. The number of carbonyl (C=O) groups is 3. The van der Waals surface area contributed by atoms with Crippen LogP contribution in [0.4, 0.5) is 0 Å². The van der Waals surface area contributed by atoms with Crippen LogP contribution in [-0.4, -0.2) is 59.2 Å². The Hall–Kier alpha value is -1.63. The maximum atomic E-state index is 11.9. The minimum absolute atomic E-state index is 0.0385.